The zero-order valence-electron chi connectivity index (χ0n) is 9.81. The maximum atomic E-state index is 11.9. The predicted molar refractivity (Wildman–Crippen MR) is 70.4 cm³/mol. The minimum absolute atomic E-state index is 0.134. The van der Waals surface area contributed by atoms with Crippen molar-refractivity contribution < 1.29 is 13.2 Å². The summed E-state index contributed by atoms with van der Waals surface area (Å²) in [4.78, 5) is 0.254. The predicted octanol–water partition coefficient (Wildman–Crippen LogP) is 2.15. The highest BCUT2D eigenvalue weighted by Crippen LogP contribution is 2.14. The summed E-state index contributed by atoms with van der Waals surface area (Å²) in [5, 5.41) is 0. The number of hydrogen-bond donors (Lipinski definition) is 1. The third kappa shape index (κ3) is 4.75. The van der Waals surface area contributed by atoms with E-state index >= 15 is 0 Å². The molecule has 1 unspecified atom stereocenters. The first-order valence-corrected chi connectivity index (χ1v) is 7.60. The van der Waals surface area contributed by atoms with E-state index in [4.69, 9.17) is 4.74 Å². The molecule has 0 heterocycles. The van der Waals surface area contributed by atoms with Crippen LogP contribution in [0.2, 0.25) is 0 Å². The van der Waals surface area contributed by atoms with Crippen LogP contribution >= 0.6 is 15.9 Å². The van der Waals surface area contributed by atoms with Gasteiger partial charge in [-0.25, -0.2) is 13.1 Å². The van der Waals surface area contributed by atoms with Crippen molar-refractivity contribution >= 4 is 26.0 Å². The fraction of sp³-hybridized carbons (Fsp3) is 0.455. The molecular weight excluding hydrogens is 306 g/mol. The molecule has 0 aromatic heterocycles. The normalized spacial score (nSPS) is 13.6. The van der Waals surface area contributed by atoms with E-state index in [1.807, 2.05) is 13.8 Å². The minimum atomic E-state index is -3.44. The summed E-state index contributed by atoms with van der Waals surface area (Å²) < 4.78 is 32.4. The first-order valence-electron chi connectivity index (χ1n) is 5.32. The van der Waals surface area contributed by atoms with Crippen LogP contribution in [0.3, 0.4) is 0 Å². The molecular formula is C11H16BrNO3S. The fourth-order valence-electron chi connectivity index (χ4n) is 1.27. The Bertz CT molecular complexity index is 444. The molecule has 4 nitrogen and oxygen atoms in total. The van der Waals surface area contributed by atoms with Gasteiger partial charge in [0.15, 0.2) is 0 Å². The number of ether oxygens (including phenoxy) is 1. The average Bonchev–Trinajstić information content (AvgIpc) is 2.28. The highest BCUT2D eigenvalue weighted by atomic mass is 79.9. The van der Waals surface area contributed by atoms with Gasteiger partial charge in [-0.1, -0.05) is 15.9 Å². The Morgan fingerprint density at radius 1 is 1.35 bits per heavy atom. The quantitative estimate of drug-likeness (QED) is 0.873. The first-order chi connectivity index (χ1) is 7.95. The van der Waals surface area contributed by atoms with Gasteiger partial charge in [-0.2, -0.15) is 0 Å². The second-order valence-electron chi connectivity index (χ2n) is 3.57. The Morgan fingerprint density at radius 3 is 2.47 bits per heavy atom. The van der Waals surface area contributed by atoms with Crippen LogP contribution in [0, 0.1) is 0 Å². The molecule has 17 heavy (non-hydrogen) atoms. The molecule has 0 bridgehead atoms. The molecule has 0 fully saturated rings. The maximum absolute atomic E-state index is 11.9. The Kier molecular flexibility index (Phi) is 5.58. The van der Waals surface area contributed by atoms with Gasteiger partial charge >= 0.3 is 0 Å². The van der Waals surface area contributed by atoms with Gasteiger partial charge in [-0.15, -0.1) is 0 Å². The maximum Gasteiger partial charge on any atom is 0.240 e. The molecule has 6 heteroatoms. The largest absolute Gasteiger partial charge is 0.377 e. The number of rotatable bonds is 6. The zero-order chi connectivity index (χ0) is 12.9. The second kappa shape index (κ2) is 6.49. The van der Waals surface area contributed by atoms with Crippen molar-refractivity contribution in [3.8, 4) is 0 Å². The number of hydrogen-bond acceptors (Lipinski definition) is 3. The number of benzene rings is 1. The molecule has 1 rings (SSSR count). The molecule has 0 spiro atoms. The summed E-state index contributed by atoms with van der Waals surface area (Å²) in [6.45, 7) is 4.54. The van der Waals surface area contributed by atoms with Gasteiger partial charge in [-0.05, 0) is 38.1 Å². The number of halogens is 1. The van der Waals surface area contributed by atoms with E-state index < -0.39 is 10.0 Å². The van der Waals surface area contributed by atoms with E-state index in [-0.39, 0.29) is 17.5 Å². The van der Waals surface area contributed by atoms with E-state index in [1.54, 1.807) is 24.3 Å². The van der Waals surface area contributed by atoms with Gasteiger partial charge in [0.2, 0.25) is 10.0 Å². The Hall–Kier alpha value is -0.430. The van der Waals surface area contributed by atoms with Crippen molar-refractivity contribution in [2.75, 3.05) is 13.2 Å². The Labute approximate surface area is 111 Å². The molecule has 1 aromatic carbocycles. The highest BCUT2D eigenvalue weighted by Gasteiger charge is 2.14. The van der Waals surface area contributed by atoms with Crippen LogP contribution in [0.1, 0.15) is 13.8 Å². The van der Waals surface area contributed by atoms with Crippen LogP contribution in [0.4, 0.5) is 0 Å². The molecule has 0 aliphatic heterocycles. The first kappa shape index (κ1) is 14.6. The lowest BCUT2D eigenvalue weighted by atomic mass is 10.4. The summed E-state index contributed by atoms with van der Waals surface area (Å²) in [7, 11) is -3.44. The standard InChI is InChI=1S/C11H16BrNO3S/c1-3-16-9(2)8-13-17(14,15)11-6-4-10(12)5-7-11/h4-7,9,13H,3,8H2,1-2H3. The van der Waals surface area contributed by atoms with Gasteiger partial charge < -0.3 is 4.74 Å². The van der Waals surface area contributed by atoms with Crippen LogP contribution in [-0.4, -0.2) is 27.7 Å². The molecule has 0 radical (unpaired) electrons. The van der Waals surface area contributed by atoms with Gasteiger partial charge in [0.1, 0.15) is 0 Å². The van der Waals surface area contributed by atoms with Crippen molar-refractivity contribution in [1.82, 2.24) is 4.72 Å². The van der Waals surface area contributed by atoms with Crippen molar-refractivity contribution in [2.24, 2.45) is 0 Å². The molecule has 1 N–H and O–H groups in total. The summed E-state index contributed by atoms with van der Waals surface area (Å²) >= 11 is 3.26. The van der Waals surface area contributed by atoms with Crippen LogP contribution in [0.5, 0.6) is 0 Å². The molecule has 96 valence electrons. The Balaban J connectivity index is 2.66. The molecule has 0 aliphatic carbocycles. The molecule has 0 saturated heterocycles. The third-order valence-corrected chi connectivity index (χ3v) is 4.10. The van der Waals surface area contributed by atoms with Crippen molar-refractivity contribution in [3.05, 3.63) is 28.7 Å². The molecule has 1 atom stereocenters. The highest BCUT2D eigenvalue weighted by molar-refractivity contribution is 9.10. The van der Waals surface area contributed by atoms with Gasteiger partial charge in [0.25, 0.3) is 0 Å². The summed E-state index contributed by atoms with van der Waals surface area (Å²) in [6, 6.07) is 6.50. The lowest BCUT2D eigenvalue weighted by Crippen LogP contribution is -2.32. The van der Waals surface area contributed by atoms with Crippen molar-refractivity contribution in [3.63, 3.8) is 0 Å². The Morgan fingerprint density at radius 2 is 1.94 bits per heavy atom. The monoisotopic (exact) mass is 321 g/mol. The van der Waals surface area contributed by atoms with Crippen LogP contribution < -0.4 is 4.72 Å². The van der Waals surface area contributed by atoms with Crippen LogP contribution in [0.15, 0.2) is 33.6 Å². The summed E-state index contributed by atoms with van der Waals surface area (Å²) in [5.74, 6) is 0. The van der Waals surface area contributed by atoms with Gasteiger partial charge in [-0.3, -0.25) is 0 Å². The summed E-state index contributed by atoms with van der Waals surface area (Å²) in [5.41, 5.74) is 0. The van der Waals surface area contributed by atoms with Crippen molar-refractivity contribution in [2.45, 2.75) is 24.8 Å². The third-order valence-electron chi connectivity index (χ3n) is 2.14. The average molecular weight is 322 g/mol. The minimum Gasteiger partial charge on any atom is -0.377 e. The molecule has 0 aliphatic rings. The topological polar surface area (TPSA) is 55.4 Å². The number of nitrogens with one attached hydrogen (secondary N) is 1. The number of sulfonamides is 1. The lowest BCUT2D eigenvalue weighted by Gasteiger charge is -2.12. The van der Waals surface area contributed by atoms with Crippen LogP contribution in [-0.2, 0) is 14.8 Å². The van der Waals surface area contributed by atoms with E-state index in [2.05, 4.69) is 20.7 Å². The second-order valence-corrected chi connectivity index (χ2v) is 6.25. The smallest absolute Gasteiger partial charge is 0.240 e. The van der Waals surface area contributed by atoms with E-state index in [9.17, 15) is 8.42 Å². The van der Waals surface area contributed by atoms with Gasteiger partial charge in [0.05, 0.1) is 11.0 Å². The van der Waals surface area contributed by atoms with E-state index in [0.29, 0.717) is 6.61 Å². The van der Waals surface area contributed by atoms with E-state index in [1.165, 1.54) is 0 Å². The molecule has 0 amide bonds. The molecule has 1 aromatic rings. The van der Waals surface area contributed by atoms with Crippen molar-refractivity contribution in [1.29, 1.82) is 0 Å². The molecule has 0 saturated carbocycles. The van der Waals surface area contributed by atoms with E-state index in [0.717, 1.165) is 4.47 Å². The summed E-state index contributed by atoms with van der Waals surface area (Å²) in [6.07, 6.45) is -0.134. The SMILES string of the molecule is CCOC(C)CNS(=O)(=O)c1ccc(Br)cc1. The van der Waals surface area contributed by atoms with Crippen LogP contribution in [0.25, 0.3) is 0 Å². The van der Waals surface area contributed by atoms with Gasteiger partial charge in [0, 0.05) is 17.6 Å². The fourth-order valence-corrected chi connectivity index (χ4v) is 2.65. The zero-order valence-corrected chi connectivity index (χ0v) is 12.2. The lowest BCUT2D eigenvalue weighted by molar-refractivity contribution is 0.0799.